The van der Waals surface area contributed by atoms with Gasteiger partial charge in [0.25, 0.3) is 5.69 Å². The Morgan fingerprint density at radius 3 is 2.96 bits per heavy atom. The molecule has 1 aliphatic rings. The van der Waals surface area contributed by atoms with Gasteiger partial charge >= 0.3 is 5.97 Å². The lowest BCUT2D eigenvalue weighted by molar-refractivity contribution is -0.385. The number of benzene rings is 1. The van der Waals surface area contributed by atoms with Crippen molar-refractivity contribution in [3.8, 4) is 0 Å². The Hall–Kier alpha value is -2.02. The number of aliphatic carboxylic acids is 1. The fraction of sp³-hybridized carbons (Fsp3) is 0.167. The van der Waals surface area contributed by atoms with Crippen LogP contribution in [0.25, 0.3) is 0 Å². The highest BCUT2D eigenvalue weighted by molar-refractivity contribution is 14.1. The van der Waals surface area contributed by atoms with Crippen molar-refractivity contribution >= 4 is 63.3 Å². The number of carboxylic acid groups (broad SMARTS) is 1. The Labute approximate surface area is 147 Å². The molecule has 1 aromatic carbocycles. The number of carbonyl (C=O) groups excluding carboxylic acids is 1. The molecule has 1 amide bonds. The molecule has 0 bridgehead atoms. The number of amidine groups is 1. The summed E-state index contributed by atoms with van der Waals surface area (Å²) in [5.41, 5.74) is 0.479. The molecule has 11 heteroatoms. The van der Waals surface area contributed by atoms with Crippen LogP contribution in [0.15, 0.2) is 28.4 Å². The van der Waals surface area contributed by atoms with Crippen molar-refractivity contribution in [3.63, 3.8) is 0 Å². The summed E-state index contributed by atoms with van der Waals surface area (Å²) in [5.74, 6) is -1.51. The second-order valence-electron chi connectivity index (χ2n) is 4.28. The van der Waals surface area contributed by atoms with Crippen LogP contribution in [0.1, 0.15) is 12.0 Å². The normalized spacial score (nSPS) is 19.3. The summed E-state index contributed by atoms with van der Waals surface area (Å²) in [5, 5.41) is 29.0. The zero-order valence-electron chi connectivity index (χ0n) is 11.3. The maximum absolute atomic E-state index is 11.5. The monoisotopic (exact) mass is 448 g/mol. The molecular formula is C12H9IN4O5S. The molecule has 2 N–H and O–H groups in total. The maximum atomic E-state index is 11.5. The third kappa shape index (κ3) is 4.48. The molecular weight excluding hydrogens is 439 g/mol. The molecule has 1 fully saturated rings. The van der Waals surface area contributed by atoms with Gasteiger partial charge in [0, 0.05) is 11.6 Å². The first-order chi connectivity index (χ1) is 10.9. The van der Waals surface area contributed by atoms with Crippen molar-refractivity contribution < 1.29 is 19.6 Å². The van der Waals surface area contributed by atoms with Gasteiger partial charge in [-0.05, 0) is 22.6 Å². The molecule has 0 spiro atoms. The third-order valence-electron chi connectivity index (χ3n) is 2.69. The van der Waals surface area contributed by atoms with Gasteiger partial charge in [0.05, 0.1) is 21.1 Å². The van der Waals surface area contributed by atoms with E-state index in [0.29, 0.717) is 9.13 Å². The number of nitrogens with zero attached hydrogens (tertiary/aromatic N) is 3. The number of nitro benzene ring substituents is 1. The van der Waals surface area contributed by atoms with Gasteiger partial charge in [-0.1, -0.05) is 23.9 Å². The summed E-state index contributed by atoms with van der Waals surface area (Å²) in [6.07, 6.45) is 1.03. The average Bonchev–Trinajstić information content (AvgIpc) is 2.80. The lowest BCUT2D eigenvalue weighted by atomic mass is 10.2. The summed E-state index contributed by atoms with van der Waals surface area (Å²) in [6, 6.07) is 4.56. The largest absolute Gasteiger partial charge is 0.481 e. The summed E-state index contributed by atoms with van der Waals surface area (Å²) < 4.78 is 0.422. The topological polar surface area (TPSA) is 134 Å². The van der Waals surface area contributed by atoms with Crippen molar-refractivity contribution in [3.05, 3.63) is 37.4 Å². The molecule has 2 rings (SSSR count). The van der Waals surface area contributed by atoms with E-state index in [1.807, 2.05) is 22.6 Å². The maximum Gasteiger partial charge on any atom is 0.305 e. The minimum Gasteiger partial charge on any atom is -0.481 e. The van der Waals surface area contributed by atoms with Crippen LogP contribution in [0.5, 0.6) is 0 Å². The van der Waals surface area contributed by atoms with E-state index in [9.17, 15) is 19.7 Å². The first kappa shape index (κ1) is 17.3. The molecule has 1 unspecified atom stereocenters. The number of thioether (sulfide) groups is 1. The number of nitro groups is 1. The Morgan fingerprint density at radius 2 is 2.30 bits per heavy atom. The molecule has 0 radical (unpaired) electrons. The minimum absolute atomic E-state index is 0.0349. The van der Waals surface area contributed by atoms with E-state index in [4.69, 9.17) is 5.11 Å². The van der Waals surface area contributed by atoms with Crippen molar-refractivity contribution in [1.82, 2.24) is 5.32 Å². The molecule has 0 saturated carbocycles. The molecule has 1 aliphatic heterocycles. The fourth-order valence-corrected chi connectivity index (χ4v) is 3.28. The van der Waals surface area contributed by atoms with Crippen LogP contribution >= 0.6 is 34.4 Å². The Kier molecular flexibility index (Phi) is 5.65. The zero-order chi connectivity index (χ0) is 17.0. The number of hydrogen-bond donors (Lipinski definition) is 2. The molecule has 1 atom stereocenters. The number of amides is 1. The highest BCUT2D eigenvalue weighted by Gasteiger charge is 2.32. The number of rotatable bonds is 5. The predicted molar refractivity (Wildman–Crippen MR) is 92.6 cm³/mol. The van der Waals surface area contributed by atoms with E-state index in [1.54, 1.807) is 6.07 Å². The van der Waals surface area contributed by atoms with Crippen LogP contribution in [0.3, 0.4) is 0 Å². The van der Waals surface area contributed by atoms with Crippen LogP contribution in [0, 0.1) is 13.7 Å². The second-order valence-corrected chi connectivity index (χ2v) is 6.55. The van der Waals surface area contributed by atoms with E-state index in [2.05, 4.69) is 15.5 Å². The Bertz CT molecular complexity index is 736. The fourth-order valence-electron chi connectivity index (χ4n) is 1.67. The molecule has 1 saturated heterocycles. The van der Waals surface area contributed by atoms with Gasteiger partial charge in [-0.15, -0.1) is 5.10 Å². The van der Waals surface area contributed by atoms with Gasteiger partial charge in [0.2, 0.25) is 5.91 Å². The van der Waals surface area contributed by atoms with Crippen LogP contribution in [-0.4, -0.2) is 38.5 Å². The van der Waals surface area contributed by atoms with Crippen LogP contribution in [0.2, 0.25) is 0 Å². The van der Waals surface area contributed by atoms with Gasteiger partial charge in [-0.2, -0.15) is 5.10 Å². The lowest BCUT2D eigenvalue weighted by Gasteiger charge is -1.98. The highest BCUT2D eigenvalue weighted by Crippen LogP contribution is 2.24. The van der Waals surface area contributed by atoms with Crippen molar-refractivity contribution in [2.24, 2.45) is 10.2 Å². The van der Waals surface area contributed by atoms with E-state index in [0.717, 1.165) is 11.8 Å². The van der Waals surface area contributed by atoms with Crippen molar-refractivity contribution in [1.29, 1.82) is 0 Å². The Balaban J connectivity index is 2.10. The van der Waals surface area contributed by atoms with E-state index in [-0.39, 0.29) is 17.3 Å². The molecule has 1 aromatic rings. The zero-order valence-corrected chi connectivity index (χ0v) is 14.3. The lowest BCUT2D eigenvalue weighted by Crippen LogP contribution is -2.26. The quantitative estimate of drug-likeness (QED) is 0.304. The van der Waals surface area contributed by atoms with Gasteiger partial charge in [-0.25, -0.2) is 0 Å². The molecule has 0 aliphatic carbocycles. The van der Waals surface area contributed by atoms with Crippen LogP contribution in [0.4, 0.5) is 5.69 Å². The number of halogens is 1. The van der Waals surface area contributed by atoms with Crippen LogP contribution in [-0.2, 0) is 9.59 Å². The summed E-state index contributed by atoms with van der Waals surface area (Å²) in [4.78, 5) is 32.5. The summed E-state index contributed by atoms with van der Waals surface area (Å²) >= 11 is 2.82. The number of carbonyl (C=O) groups is 2. The smallest absolute Gasteiger partial charge is 0.305 e. The first-order valence-corrected chi connectivity index (χ1v) is 8.07. The second kappa shape index (κ2) is 7.50. The molecule has 1 heterocycles. The predicted octanol–water partition coefficient (Wildman–Crippen LogP) is 1.60. The van der Waals surface area contributed by atoms with Gasteiger partial charge in [0.1, 0.15) is 5.25 Å². The average molecular weight is 448 g/mol. The highest BCUT2D eigenvalue weighted by atomic mass is 127. The number of nitrogens with one attached hydrogen (secondary N) is 1. The molecule has 9 nitrogen and oxygen atoms in total. The van der Waals surface area contributed by atoms with Gasteiger partial charge < -0.3 is 10.4 Å². The van der Waals surface area contributed by atoms with E-state index < -0.39 is 22.0 Å². The third-order valence-corrected chi connectivity index (χ3v) is 4.93. The minimum atomic E-state index is -1.08. The van der Waals surface area contributed by atoms with Crippen LogP contribution < -0.4 is 5.32 Å². The van der Waals surface area contributed by atoms with Gasteiger partial charge in [-0.3, -0.25) is 19.7 Å². The van der Waals surface area contributed by atoms with E-state index in [1.165, 1.54) is 18.3 Å². The number of carboxylic acids is 1. The Morgan fingerprint density at radius 1 is 1.57 bits per heavy atom. The molecule has 120 valence electrons. The number of hydrogen-bond acceptors (Lipinski definition) is 7. The molecule has 0 aromatic heterocycles. The van der Waals surface area contributed by atoms with Crippen molar-refractivity contribution in [2.75, 3.05) is 0 Å². The molecule has 23 heavy (non-hydrogen) atoms. The SMILES string of the molecule is O=C(O)CC1SC(=NN=Cc2cccc([N+](=O)[O-])c2I)NC1=O. The summed E-state index contributed by atoms with van der Waals surface area (Å²) in [7, 11) is 0. The standard InChI is InChI=1S/C12H9IN4O5S/c13-10-6(2-1-3-7(10)17(21)22)5-14-16-12-15-11(20)8(23-12)4-9(18)19/h1-3,5,8H,4H2,(H,18,19)(H,15,16,20). The summed E-state index contributed by atoms with van der Waals surface area (Å²) in [6.45, 7) is 0. The van der Waals surface area contributed by atoms with E-state index >= 15 is 0 Å². The van der Waals surface area contributed by atoms with Crippen molar-refractivity contribution in [2.45, 2.75) is 11.7 Å². The first-order valence-electron chi connectivity index (χ1n) is 6.11. The van der Waals surface area contributed by atoms with Gasteiger partial charge in [0.15, 0.2) is 5.17 Å².